The minimum atomic E-state index is -0.830. The first-order chi connectivity index (χ1) is 16.6. The Morgan fingerprint density at radius 2 is 1.20 bits per heavy atom. The van der Waals surface area contributed by atoms with Crippen molar-refractivity contribution < 1.29 is 19.1 Å². The summed E-state index contributed by atoms with van der Waals surface area (Å²) in [4.78, 5) is 28.6. The molecule has 0 spiro atoms. The highest BCUT2D eigenvalue weighted by Gasteiger charge is 2.18. The lowest BCUT2D eigenvalue weighted by molar-refractivity contribution is -0.152. The highest BCUT2D eigenvalue weighted by atomic mass is 16.6. The van der Waals surface area contributed by atoms with Gasteiger partial charge in [-0.3, -0.25) is 0 Å². The Morgan fingerprint density at radius 3 is 1.57 bits per heavy atom. The van der Waals surface area contributed by atoms with Crippen molar-refractivity contribution in [1.29, 1.82) is 10.5 Å². The van der Waals surface area contributed by atoms with Gasteiger partial charge in [-0.05, 0) is 54.5 Å². The van der Waals surface area contributed by atoms with E-state index in [0.29, 0.717) is 11.1 Å². The van der Waals surface area contributed by atoms with Crippen LogP contribution in [0.25, 0.3) is 12.2 Å². The third kappa shape index (κ3) is 8.06. The monoisotopic (exact) mass is 472 g/mol. The fourth-order valence-electron chi connectivity index (χ4n) is 2.90. The predicted octanol–water partition coefficient (Wildman–Crippen LogP) is 3.81. The first-order valence-corrected chi connectivity index (χ1v) is 10.8. The summed E-state index contributed by atoms with van der Waals surface area (Å²) in [6.07, 6.45) is 2.04. The molecule has 8 heteroatoms. The number of nitrogens with zero attached hydrogens (tertiary/aromatic N) is 4. The Labute approximate surface area is 205 Å². The SMILES string of the molecule is CC(COC(=O)/C(C#N)=C/c1ccc(N(C)C)cc1)OC(=O)/C(C#N)=C/c1ccc(N(C)C)cc1. The van der Waals surface area contributed by atoms with Crippen LogP contribution in [0.15, 0.2) is 59.7 Å². The molecule has 8 nitrogen and oxygen atoms in total. The summed E-state index contributed by atoms with van der Waals surface area (Å²) in [5.74, 6) is -1.66. The molecule has 0 N–H and O–H groups in total. The Morgan fingerprint density at radius 1 is 0.800 bits per heavy atom. The molecule has 35 heavy (non-hydrogen) atoms. The van der Waals surface area contributed by atoms with E-state index in [2.05, 4.69) is 0 Å². The number of hydrogen-bond donors (Lipinski definition) is 0. The van der Waals surface area contributed by atoms with Gasteiger partial charge < -0.3 is 19.3 Å². The van der Waals surface area contributed by atoms with Crippen LogP contribution in [0, 0.1) is 22.7 Å². The maximum Gasteiger partial charge on any atom is 0.349 e. The van der Waals surface area contributed by atoms with E-state index in [1.165, 1.54) is 19.1 Å². The fraction of sp³-hybridized carbons (Fsp3) is 0.259. The van der Waals surface area contributed by atoms with Crippen LogP contribution >= 0.6 is 0 Å². The molecule has 0 bridgehead atoms. The number of carbonyl (C=O) groups excluding carboxylic acids is 2. The molecule has 180 valence electrons. The Balaban J connectivity index is 1.97. The van der Waals surface area contributed by atoms with E-state index in [9.17, 15) is 20.1 Å². The van der Waals surface area contributed by atoms with Crippen LogP contribution in [0.4, 0.5) is 11.4 Å². The summed E-state index contributed by atoms with van der Waals surface area (Å²) in [5, 5.41) is 18.7. The Kier molecular flexibility index (Phi) is 9.62. The van der Waals surface area contributed by atoms with Crippen molar-refractivity contribution in [2.45, 2.75) is 13.0 Å². The van der Waals surface area contributed by atoms with E-state index >= 15 is 0 Å². The van der Waals surface area contributed by atoms with Crippen molar-refractivity contribution in [3.05, 3.63) is 70.8 Å². The van der Waals surface area contributed by atoms with Crippen LogP contribution in [0.3, 0.4) is 0 Å². The van der Waals surface area contributed by atoms with Crippen molar-refractivity contribution >= 4 is 35.5 Å². The number of carbonyl (C=O) groups is 2. The van der Waals surface area contributed by atoms with Crippen molar-refractivity contribution in [2.75, 3.05) is 44.6 Å². The van der Waals surface area contributed by atoms with Gasteiger partial charge in [0, 0.05) is 39.6 Å². The average molecular weight is 473 g/mol. The third-order valence-electron chi connectivity index (χ3n) is 4.88. The zero-order valence-electron chi connectivity index (χ0n) is 20.5. The molecule has 0 saturated carbocycles. The van der Waals surface area contributed by atoms with Gasteiger partial charge in [-0.2, -0.15) is 10.5 Å². The summed E-state index contributed by atoms with van der Waals surface area (Å²) in [6.45, 7) is 1.27. The maximum absolute atomic E-state index is 12.4. The van der Waals surface area contributed by atoms with Gasteiger partial charge >= 0.3 is 11.9 Å². The summed E-state index contributed by atoms with van der Waals surface area (Å²) in [7, 11) is 7.65. The van der Waals surface area contributed by atoms with E-state index in [1.807, 2.05) is 74.4 Å². The molecule has 0 saturated heterocycles. The maximum atomic E-state index is 12.4. The Bertz CT molecular complexity index is 1180. The van der Waals surface area contributed by atoms with E-state index < -0.39 is 18.0 Å². The number of hydrogen-bond acceptors (Lipinski definition) is 8. The number of nitriles is 2. The molecule has 0 radical (unpaired) electrons. The summed E-state index contributed by atoms with van der Waals surface area (Å²) >= 11 is 0. The van der Waals surface area contributed by atoms with Gasteiger partial charge in [0.1, 0.15) is 36.0 Å². The van der Waals surface area contributed by atoms with Crippen molar-refractivity contribution in [2.24, 2.45) is 0 Å². The van der Waals surface area contributed by atoms with Gasteiger partial charge in [0.2, 0.25) is 0 Å². The second kappa shape index (κ2) is 12.6. The van der Waals surface area contributed by atoms with Crippen LogP contribution in [-0.4, -0.2) is 52.8 Å². The van der Waals surface area contributed by atoms with Crippen LogP contribution in [0.5, 0.6) is 0 Å². The average Bonchev–Trinajstić information content (AvgIpc) is 2.84. The Hall–Kier alpha value is -4.56. The largest absolute Gasteiger partial charge is 0.458 e. The first kappa shape index (κ1) is 26.7. The molecule has 0 amide bonds. The molecule has 2 aromatic carbocycles. The second-order valence-electron chi connectivity index (χ2n) is 8.13. The van der Waals surface area contributed by atoms with Crippen molar-refractivity contribution in [3.63, 3.8) is 0 Å². The third-order valence-corrected chi connectivity index (χ3v) is 4.88. The lowest BCUT2D eigenvalue weighted by atomic mass is 10.1. The molecule has 0 aliphatic rings. The zero-order valence-corrected chi connectivity index (χ0v) is 20.5. The lowest BCUT2D eigenvalue weighted by Crippen LogP contribution is -2.23. The molecule has 1 atom stereocenters. The molecule has 2 rings (SSSR count). The number of esters is 2. The first-order valence-electron chi connectivity index (χ1n) is 10.8. The molecule has 1 unspecified atom stereocenters. The topological polar surface area (TPSA) is 107 Å². The normalized spacial score (nSPS) is 12.1. The number of anilines is 2. The minimum Gasteiger partial charge on any atom is -0.458 e. The summed E-state index contributed by atoms with van der Waals surface area (Å²) in [6, 6.07) is 18.3. The zero-order chi connectivity index (χ0) is 26.0. The van der Waals surface area contributed by atoms with Gasteiger partial charge in [0.15, 0.2) is 0 Å². The number of benzene rings is 2. The molecule has 0 heterocycles. The van der Waals surface area contributed by atoms with Crippen LogP contribution < -0.4 is 9.80 Å². The molecular weight excluding hydrogens is 444 g/mol. The van der Waals surface area contributed by atoms with Crippen molar-refractivity contribution in [3.8, 4) is 12.1 Å². The minimum absolute atomic E-state index is 0.181. The molecule has 2 aromatic rings. The van der Waals surface area contributed by atoms with Gasteiger partial charge in [-0.25, -0.2) is 9.59 Å². The number of rotatable bonds is 9. The highest BCUT2D eigenvalue weighted by Crippen LogP contribution is 2.17. The van der Waals surface area contributed by atoms with Crippen LogP contribution in [-0.2, 0) is 19.1 Å². The van der Waals surface area contributed by atoms with E-state index in [-0.39, 0.29) is 17.8 Å². The molecular formula is C27H28N4O4. The van der Waals surface area contributed by atoms with Gasteiger partial charge in [-0.15, -0.1) is 0 Å². The van der Waals surface area contributed by atoms with Crippen LogP contribution in [0.2, 0.25) is 0 Å². The van der Waals surface area contributed by atoms with Gasteiger partial charge in [-0.1, -0.05) is 24.3 Å². The van der Waals surface area contributed by atoms with Crippen molar-refractivity contribution in [1.82, 2.24) is 0 Å². The summed E-state index contributed by atoms with van der Waals surface area (Å²) < 4.78 is 10.4. The van der Waals surface area contributed by atoms with E-state index in [1.54, 1.807) is 24.3 Å². The second-order valence-corrected chi connectivity index (χ2v) is 8.13. The van der Waals surface area contributed by atoms with E-state index in [4.69, 9.17) is 9.47 Å². The lowest BCUT2D eigenvalue weighted by Gasteiger charge is -2.14. The molecule has 0 fully saturated rings. The molecule has 0 aliphatic carbocycles. The van der Waals surface area contributed by atoms with Gasteiger partial charge in [0.25, 0.3) is 0 Å². The van der Waals surface area contributed by atoms with Gasteiger partial charge in [0.05, 0.1) is 0 Å². The summed E-state index contributed by atoms with van der Waals surface area (Å²) in [5.41, 5.74) is 2.95. The smallest absolute Gasteiger partial charge is 0.349 e. The van der Waals surface area contributed by atoms with E-state index in [0.717, 1.165) is 11.4 Å². The predicted molar refractivity (Wildman–Crippen MR) is 135 cm³/mol. The number of ether oxygens (including phenoxy) is 2. The van der Waals surface area contributed by atoms with Crippen LogP contribution in [0.1, 0.15) is 18.1 Å². The fourth-order valence-corrected chi connectivity index (χ4v) is 2.90. The molecule has 0 aliphatic heterocycles. The molecule has 0 aromatic heterocycles. The quantitative estimate of drug-likeness (QED) is 0.308. The highest BCUT2D eigenvalue weighted by molar-refractivity contribution is 5.98. The standard InChI is InChI=1S/C27H28N4O4/c1-19(35-27(33)23(17-29)15-21-8-12-25(13-9-21)31(4)5)18-34-26(32)22(16-28)14-20-6-10-24(11-7-20)30(2)3/h6-15,19H,18H2,1-5H3/b22-14+,23-15+.